The first-order valence-electron chi connectivity index (χ1n) is 4.79. The molecule has 0 aromatic heterocycles. The van der Waals surface area contributed by atoms with E-state index in [0.717, 1.165) is 12.8 Å². The Labute approximate surface area is 74.9 Å². The Morgan fingerprint density at radius 2 is 2.17 bits per heavy atom. The van der Waals surface area contributed by atoms with Gasteiger partial charge in [0.2, 0.25) is 0 Å². The fraction of sp³-hybridized carbons (Fsp3) is 0.727. The maximum Gasteiger partial charge on any atom is 0.139 e. The highest BCUT2D eigenvalue weighted by molar-refractivity contribution is 5.83. The van der Waals surface area contributed by atoms with Gasteiger partial charge in [-0.05, 0) is 32.6 Å². The van der Waals surface area contributed by atoms with E-state index in [1.54, 1.807) is 0 Å². The third-order valence-electron chi connectivity index (χ3n) is 2.58. The predicted octanol–water partition coefficient (Wildman–Crippen LogP) is 2.96. The normalized spacial score (nSPS) is 30.1. The van der Waals surface area contributed by atoms with E-state index in [9.17, 15) is 4.79 Å². The third kappa shape index (κ3) is 2.20. The lowest BCUT2D eigenvalue weighted by Crippen LogP contribution is -2.24. The zero-order chi connectivity index (χ0) is 9.14. The molecule has 1 nitrogen and oxygen atoms in total. The van der Waals surface area contributed by atoms with E-state index in [0.29, 0.717) is 11.7 Å². The number of Topliss-reactive ketones (excluding diaryl/α,β-unsaturated/α-hetero) is 1. The number of allylic oxidation sites excluding steroid dienone is 2. The Bertz CT molecular complexity index is 199. The molecule has 1 heteroatoms. The van der Waals surface area contributed by atoms with E-state index < -0.39 is 0 Å². The molecule has 2 unspecified atom stereocenters. The second kappa shape index (κ2) is 3.88. The summed E-state index contributed by atoms with van der Waals surface area (Å²) in [5, 5.41) is 0. The maximum atomic E-state index is 11.5. The molecule has 1 aliphatic rings. The van der Waals surface area contributed by atoms with Crippen molar-refractivity contribution in [1.82, 2.24) is 0 Å². The molecule has 0 amide bonds. The van der Waals surface area contributed by atoms with Crippen LogP contribution in [0.3, 0.4) is 0 Å². The quantitative estimate of drug-likeness (QED) is 0.547. The molecule has 1 rings (SSSR count). The monoisotopic (exact) mass is 166 g/mol. The van der Waals surface area contributed by atoms with Crippen molar-refractivity contribution < 1.29 is 4.79 Å². The highest BCUT2D eigenvalue weighted by Gasteiger charge is 2.26. The van der Waals surface area contributed by atoms with Crippen LogP contribution in [0, 0.1) is 11.8 Å². The average Bonchev–Trinajstić information content (AvgIpc) is 1.97. The van der Waals surface area contributed by atoms with Gasteiger partial charge in [0.05, 0.1) is 0 Å². The molecule has 0 spiro atoms. The van der Waals surface area contributed by atoms with Crippen LogP contribution in [0.25, 0.3) is 0 Å². The van der Waals surface area contributed by atoms with Crippen LogP contribution in [0.5, 0.6) is 0 Å². The van der Waals surface area contributed by atoms with Crippen LogP contribution in [0.1, 0.15) is 40.0 Å². The topological polar surface area (TPSA) is 17.1 Å². The van der Waals surface area contributed by atoms with Gasteiger partial charge in [-0.15, -0.1) is 0 Å². The van der Waals surface area contributed by atoms with Gasteiger partial charge in [-0.1, -0.05) is 18.6 Å². The summed E-state index contributed by atoms with van der Waals surface area (Å²) in [6, 6.07) is 0. The van der Waals surface area contributed by atoms with Crippen molar-refractivity contribution >= 4 is 5.78 Å². The van der Waals surface area contributed by atoms with Crippen LogP contribution >= 0.6 is 0 Å². The zero-order valence-electron chi connectivity index (χ0n) is 8.26. The van der Waals surface area contributed by atoms with Crippen LogP contribution in [-0.2, 0) is 4.79 Å². The van der Waals surface area contributed by atoms with Gasteiger partial charge >= 0.3 is 0 Å². The third-order valence-corrected chi connectivity index (χ3v) is 2.58. The summed E-state index contributed by atoms with van der Waals surface area (Å²) in [6.45, 7) is 6.31. The minimum absolute atomic E-state index is 0.212. The molecule has 0 radical (unpaired) electrons. The largest absolute Gasteiger partial charge is 0.299 e. The molecular formula is C11H18O. The van der Waals surface area contributed by atoms with Crippen LogP contribution in [0.2, 0.25) is 0 Å². The Hall–Kier alpha value is -0.590. The Kier molecular flexibility index (Phi) is 3.07. The summed E-state index contributed by atoms with van der Waals surface area (Å²) < 4.78 is 0. The fourth-order valence-corrected chi connectivity index (χ4v) is 1.88. The second-order valence-corrected chi connectivity index (χ2v) is 4.11. The number of carbonyl (C=O) groups excluding carboxylic acids is 1. The van der Waals surface area contributed by atoms with Gasteiger partial charge < -0.3 is 0 Å². The van der Waals surface area contributed by atoms with Crippen molar-refractivity contribution in [3.63, 3.8) is 0 Å². The summed E-state index contributed by atoms with van der Waals surface area (Å²) in [5.74, 6) is 1.21. The SMILES string of the molecule is CC(C)=CC1C(=O)CCCC1C. The van der Waals surface area contributed by atoms with Gasteiger partial charge in [0.25, 0.3) is 0 Å². The molecule has 2 atom stereocenters. The number of hydrogen-bond acceptors (Lipinski definition) is 1. The Morgan fingerprint density at radius 3 is 2.67 bits per heavy atom. The summed E-state index contributed by atoms with van der Waals surface area (Å²) in [6.07, 6.45) is 5.22. The molecular weight excluding hydrogens is 148 g/mol. The van der Waals surface area contributed by atoms with E-state index in [1.807, 2.05) is 0 Å². The molecule has 0 aliphatic heterocycles. The summed E-state index contributed by atoms with van der Waals surface area (Å²) in [7, 11) is 0. The maximum absolute atomic E-state index is 11.5. The van der Waals surface area contributed by atoms with Crippen molar-refractivity contribution in [1.29, 1.82) is 0 Å². The molecule has 1 saturated carbocycles. The lowest BCUT2D eigenvalue weighted by molar-refractivity contribution is -0.124. The standard InChI is InChI=1S/C11H18O/c1-8(2)7-10-9(3)5-4-6-11(10)12/h7,9-10H,4-6H2,1-3H3. The molecule has 0 aromatic rings. The first-order chi connectivity index (χ1) is 5.61. The molecule has 1 aliphatic carbocycles. The Balaban J connectivity index is 2.70. The van der Waals surface area contributed by atoms with E-state index in [-0.39, 0.29) is 5.92 Å². The van der Waals surface area contributed by atoms with Crippen LogP contribution < -0.4 is 0 Å². The van der Waals surface area contributed by atoms with Crippen LogP contribution in [-0.4, -0.2) is 5.78 Å². The van der Waals surface area contributed by atoms with Crippen molar-refractivity contribution in [3.8, 4) is 0 Å². The Morgan fingerprint density at radius 1 is 1.50 bits per heavy atom. The van der Waals surface area contributed by atoms with Crippen molar-refractivity contribution in [2.24, 2.45) is 11.8 Å². The molecule has 0 aromatic carbocycles. The fourth-order valence-electron chi connectivity index (χ4n) is 1.88. The van der Waals surface area contributed by atoms with E-state index in [4.69, 9.17) is 0 Å². The lowest BCUT2D eigenvalue weighted by atomic mass is 9.79. The van der Waals surface area contributed by atoms with Crippen molar-refractivity contribution in [2.45, 2.75) is 40.0 Å². The number of rotatable bonds is 1. The number of carbonyl (C=O) groups is 1. The summed E-state index contributed by atoms with van der Waals surface area (Å²) in [5.41, 5.74) is 1.27. The van der Waals surface area contributed by atoms with Gasteiger partial charge in [-0.2, -0.15) is 0 Å². The van der Waals surface area contributed by atoms with Gasteiger partial charge in [0.15, 0.2) is 0 Å². The minimum atomic E-state index is 0.212. The summed E-state index contributed by atoms with van der Waals surface area (Å²) in [4.78, 5) is 11.5. The van der Waals surface area contributed by atoms with Crippen LogP contribution in [0.15, 0.2) is 11.6 Å². The molecule has 0 N–H and O–H groups in total. The van der Waals surface area contributed by atoms with Gasteiger partial charge in [-0.3, -0.25) is 4.79 Å². The molecule has 12 heavy (non-hydrogen) atoms. The van der Waals surface area contributed by atoms with E-state index in [1.165, 1.54) is 12.0 Å². The van der Waals surface area contributed by atoms with E-state index >= 15 is 0 Å². The highest BCUT2D eigenvalue weighted by Crippen LogP contribution is 2.28. The molecule has 1 fully saturated rings. The van der Waals surface area contributed by atoms with Crippen LogP contribution in [0.4, 0.5) is 0 Å². The first-order valence-corrected chi connectivity index (χ1v) is 4.79. The van der Waals surface area contributed by atoms with Crippen molar-refractivity contribution in [2.75, 3.05) is 0 Å². The molecule has 0 saturated heterocycles. The molecule has 0 heterocycles. The lowest BCUT2D eigenvalue weighted by Gasteiger charge is -2.25. The highest BCUT2D eigenvalue weighted by atomic mass is 16.1. The van der Waals surface area contributed by atoms with Gasteiger partial charge in [0, 0.05) is 12.3 Å². The smallest absolute Gasteiger partial charge is 0.139 e. The second-order valence-electron chi connectivity index (χ2n) is 4.11. The minimum Gasteiger partial charge on any atom is -0.299 e. The molecule has 68 valence electrons. The zero-order valence-corrected chi connectivity index (χ0v) is 8.26. The number of hydrogen-bond donors (Lipinski definition) is 0. The predicted molar refractivity (Wildman–Crippen MR) is 50.9 cm³/mol. The summed E-state index contributed by atoms with van der Waals surface area (Å²) >= 11 is 0. The van der Waals surface area contributed by atoms with Gasteiger partial charge in [-0.25, -0.2) is 0 Å². The molecule has 0 bridgehead atoms. The van der Waals surface area contributed by atoms with E-state index in [2.05, 4.69) is 26.8 Å². The number of ketones is 1. The average molecular weight is 166 g/mol. The van der Waals surface area contributed by atoms with Crippen molar-refractivity contribution in [3.05, 3.63) is 11.6 Å². The van der Waals surface area contributed by atoms with Gasteiger partial charge in [0.1, 0.15) is 5.78 Å². The first kappa shape index (κ1) is 9.50.